The Labute approximate surface area is 154 Å². The molecule has 4 rings (SSSR count). The predicted molar refractivity (Wildman–Crippen MR) is 108 cm³/mol. The van der Waals surface area contributed by atoms with E-state index in [-0.39, 0.29) is 6.61 Å². The van der Waals surface area contributed by atoms with Gasteiger partial charge in [0.25, 0.3) is 0 Å². The highest BCUT2D eigenvalue weighted by Crippen LogP contribution is 2.31. The summed E-state index contributed by atoms with van der Waals surface area (Å²) in [5.74, 6) is 1.04. The van der Waals surface area contributed by atoms with E-state index in [0.717, 1.165) is 44.1 Å². The minimum atomic E-state index is 0.228. The number of aliphatic hydroxyl groups excluding tert-OH is 1. The zero-order valence-corrected chi connectivity index (χ0v) is 15.2. The number of aliphatic hydroxyl groups is 1. The number of piperazine rings is 1. The van der Waals surface area contributed by atoms with Crippen molar-refractivity contribution in [2.45, 2.75) is 6.92 Å². The zero-order chi connectivity index (χ0) is 17.9. The first-order chi connectivity index (χ1) is 12.7. The molecule has 4 nitrogen and oxygen atoms in total. The third-order valence-electron chi connectivity index (χ3n) is 5.18. The van der Waals surface area contributed by atoms with Crippen LogP contribution in [0.2, 0.25) is 0 Å². The molecule has 0 bridgehead atoms. The van der Waals surface area contributed by atoms with Crippen LogP contribution in [0.5, 0.6) is 0 Å². The summed E-state index contributed by atoms with van der Waals surface area (Å²) >= 11 is 0. The molecule has 0 aliphatic carbocycles. The normalized spacial score (nSPS) is 15.5. The van der Waals surface area contributed by atoms with Gasteiger partial charge < -0.3 is 10.0 Å². The summed E-state index contributed by atoms with van der Waals surface area (Å²) in [6, 6.07) is 19.3. The van der Waals surface area contributed by atoms with Crippen molar-refractivity contribution in [2.24, 2.45) is 0 Å². The molecule has 3 aromatic rings. The Balaban J connectivity index is 1.71. The van der Waals surface area contributed by atoms with Crippen molar-refractivity contribution in [1.82, 2.24) is 9.88 Å². The van der Waals surface area contributed by atoms with E-state index in [9.17, 15) is 0 Å². The Hall–Kier alpha value is -2.43. The number of anilines is 1. The molecule has 2 aromatic carbocycles. The number of β-amino-alcohol motifs (C(OH)–C–C–N with tert-alkyl or cyclic N) is 1. The highest BCUT2D eigenvalue weighted by atomic mass is 16.3. The lowest BCUT2D eigenvalue weighted by molar-refractivity contribution is 0.188. The summed E-state index contributed by atoms with van der Waals surface area (Å²) in [6.07, 6.45) is 0. The maximum atomic E-state index is 9.13. The lowest BCUT2D eigenvalue weighted by Crippen LogP contribution is -2.47. The second kappa shape index (κ2) is 7.44. The van der Waals surface area contributed by atoms with Crippen molar-refractivity contribution in [1.29, 1.82) is 0 Å². The van der Waals surface area contributed by atoms with Crippen molar-refractivity contribution >= 4 is 16.7 Å². The molecule has 134 valence electrons. The monoisotopic (exact) mass is 347 g/mol. The van der Waals surface area contributed by atoms with E-state index in [4.69, 9.17) is 10.1 Å². The van der Waals surface area contributed by atoms with Gasteiger partial charge in [-0.2, -0.15) is 0 Å². The Bertz CT molecular complexity index is 884. The number of fused-ring (bicyclic) bond motifs is 1. The van der Waals surface area contributed by atoms with Crippen molar-refractivity contribution < 1.29 is 5.11 Å². The molecule has 0 unspecified atom stereocenters. The number of aryl methyl sites for hydroxylation is 1. The molecule has 1 N–H and O–H groups in total. The van der Waals surface area contributed by atoms with Crippen LogP contribution in [0, 0.1) is 6.92 Å². The molecule has 0 radical (unpaired) electrons. The minimum Gasteiger partial charge on any atom is -0.395 e. The molecule has 0 atom stereocenters. The summed E-state index contributed by atoms with van der Waals surface area (Å²) in [5, 5.41) is 10.3. The van der Waals surface area contributed by atoms with E-state index in [1.54, 1.807) is 0 Å². The van der Waals surface area contributed by atoms with Crippen molar-refractivity contribution in [2.75, 3.05) is 44.2 Å². The molecule has 0 saturated carbocycles. The summed E-state index contributed by atoms with van der Waals surface area (Å²) in [5.41, 5.74) is 4.78. The number of hydrogen-bond acceptors (Lipinski definition) is 4. The molecule has 1 fully saturated rings. The average Bonchev–Trinajstić information content (AvgIpc) is 2.69. The van der Waals surface area contributed by atoms with E-state index in [0.29, 0.717) is 0 Å². The third kappa shape index (κ3) is 3.43. The summed E-state index contributed by atoms with van der Waals surface area (Å²) in [4.78, 5) is 9.59. The van der Waals surface area contributed by atoms with E-state index in [1.807, 2.05) is 0 Å². The van der Waals surface area contributed by atoms with Gasteiger partial charge in [-0.3, -0.25) is 4.90 Å². The first-order valence-electron chi connectivity index (χ1n) is 9.29. The number of rotatable bonds is 4. The fourth-order valence-corrected chi connectivity index (χ4v) is 3.64. The van der Waals surface area contributed by atoms with Crippen LogP contribution in [-0.2, 0) is 0 Å². The summed E-state index contributed by atoms with van der Waals surface area (Å²) in [7, 11) is 0. The molecule has 1 aliphatic rings. The SMILES string of the molecule is Cc1ccc(-c2cc(N3CCN(CCO)CC3)nc3ccccc23)cc1. The Kier molecular flexibility index (Phi) is 4.87. The van der Waals surface area contributed by atoms with E-state index in [2.05, 4.69) is 71.3 Å². The van der Waals surface area contributed by atoms with Gasteiger partial charge in [0.1, 0.15) is 5.82 Å². The third-order valence-corrected chi connectivity index (χ3v) is 5.18. The van der Waals surface area contributed by atoms with E-state index in [1.165, 1.54) is 22.1 Å². The fraction of sp³-hybridized carbons (Fsp3) is 0.318. The average molecular weight is 347 g/mol. The van der Waals surface area contributed by atoms with Gasteiger partial charge >= 0.3 is 0 Å². The Morgan fingerprint density at radius 3 is 2.42 bits per heavy atom. The molecular formula is C22H25N3O. The molecule has 1 aliphatic heterocycles. The number of para-hydroxylation sites is 1. The van der Waals surface area contributed by atoms with Crippen LogP contribution in [0.1, 0.15) is 5.56 Å². The standard InChI is InChI=1S/C22H25N3O/c1-17-6-8-18(9-7-17)20-16-22(23-21-5-3-2-4-19(20)21)25-12-10-24(11-13-25)14-15-26/h2-9,16,26H,10-15H2,1H3. The lowest BCUT2D eigenvalue weighted by Gasteiger charge is -2.35. The first-order valence-corrected chi connectivity index (χ1v) is 9.29. The van der Waals surface area contributed by atoms with Gasteiger partial charge in [-0.15, -0.1) is 0 Å². The molecular weight excluding hydrogens is 322 g/mol. The molecule has 0 spiro atoms. The largest absolute Gasteiger partial charge is 0.395 e. The second-order valence-electron chi connectivity index (χ2n) is 6.96. The number of pyridine rings is 1. The number of nitrogens with zero attached hydrogens (tertiary/aromatic N) is 3. The van der Waals surface area contributed by atoms with Gasteiger partial charge in [0.15, 0.2) is 0 Å². The number of hydrogen-bond donors (Lipinski definition) is 1. The van der Waals surface area contributed by atoms with Crippen LogP contribution in [0.15, 0.2) is 54.6 Å². The summed E-state index contributed by atoms with van der Waals surface area (Å²) < 4.78 is 0. The van der Waals surface area contributed by atoms with Crippen LogP contribution >= 0.6 is 0 Å². The van der Waals surface area contributed by atoms with Crippen molar-refractivity contribution in [3.63, 3.8) is 0 Å². The van der Waals surface area contributed by atoms with Gasteiger partial charge in [-0.05, 0) is 30.2 Å². The van der Waals surface area contributed by atoms with Crippen LogP contribution in [-0.4, -0.2) is 54.3 Å². The van der Waals surface area contributed by atoms with E-state index >= 15 is 0 Å². The van der Waals surface area contributed by atoms with Gasteiger partial charge in [0, 0.05) is 38.1 Å². The number of benzene rings is 2. The fourth-order valence-electron chi connectivity index (χ4n) is 3.64. The van der Waals surface area contributed by atoms with Crippen molar-refractivity contribution in [3.8, 4) is 11.1 Å². The smallest absolute Gasteiger partial charge is 0.129 e. The van der Waals surface area contributed by atoms with Crippen LogP contribution < -0.4 is 4.90 Å². The second-order valence-corrected chi connectivity index (χ2v) is 6.96. The van der Waals surface area contributed by atoms with Gasteiger partial charge in [-0.1, -0.05) is 48.0 Å². The maximum Gasteiger partial charge on any atom is 0.129 e. The topological polar surface area (TPSA) is 39.6 Å². The van der Waals surface area contributed by atoms with Gasteiger partial charge in [0.2, 0.25) is 0 Å². The Morgan fingerprint density at radius 2 is 1.69 bits per heavy atom. The molecule has 2 heterocycles. The van der Waals surface area contributed by atoms with Gasteiger partial charge in [0.05, 0.1) is 12.1 Å². The highest BCUT2D eigenvalue weighted by molar-refractivity contribution is 5.96. The summed E-state index contributed by atoms with van der Waals surface area (Å²) in [6.45, 7) is 6.92. The molecule has 4 heteroatoms. The van der Waals surface area contributed by atoms with Crippen LogP contribution in [0.4, 0.5) is 5.82 Å². The molecule has 0 amide bonds. The quantitative estimate of drug-likeness (QED) is 0.786. The lowest BCUT2D eigenvalue weighted by atomic mass is 10.00. The number of aromatic nitrogens is 1. The van der Waals surface area contributed by atoms with E-state index < -0.39 is 0 Å². The molecule has 1 aromatic heterocycles. The minimum absolute atomic E-state index is 0.228. The predicted octanol–water partition coefficient (Wildman–Crippen LogP) is 3.32. The molecule has 26 heavy (non-hydrogen) atoms. The highest BCUT2D eigenvalue weighted by Gasteiger charge is 2.19. The molecule has 1 saturated heterocycles. The van der Waals surface area contributed by atoms with Crippen LogP contribution in [0.3, 0.4) is 0 Å². The van der Waals surface area contributed by atoms with Crippen molar-refractivity contribution in [3.05, 3.63) is 60.2 Å². The zero-order valence-electron chi connectivity index (χ0n) is 15.2. The van der Waals surface area contributed by atoms with Gasteiger partial charge in [-0.25, -0.2) is 4.98 Å². The maximum absolute atomic E-state index is 9.13. The van der Waals surface area contributed by atoms with Crippen LogP contribution in [0.25, 0.3) is 22.0 Å². The first kappa shape index (κ1) is 17.0. The Morgan fingerprint density at radius 1 is 0.962 bits per heavy atom.